The van der Waals surface area contributed by atoms with Crippen molar-refractivity contribution in [3.8, 4) is 0 Å². The van der Waals surface area contributed by atoms with E-state index in [1.54, 1.807) is 12.4 Å². The van der Waals surface area contributed by atoms with Gasteiger partial charge in [0.1, 0.15) is 0 Å². The minimum atomic E-state index is -0.486. The second-order valence-corrected chi connectivity index (χ2v) is 2.56. The first-order chi connectivity index (χ1) is 6.19. The Morgan fingerprint density at radius 1 is 1.54 bits per heavy atom. The molecule has 67 valence electrons. The lowest BCUT2D eigenvalue weighted by Crippen LogP contribution is -1.95. The summed E-state index contributed by atoms with van der Waals surface area (Å²) in [6.07, 6.45) is 2.20. The van der Waals surface area contributed by atoms with Crippen molar-refractivity contribution in [2.24, 2.45) is 0 Å². The largest absolute Gasteiger partial charge is 0.285 e. The molecule has 0 saturated carbocycles. The minimum Gasteiger partial charge on any atom is -0.285 e. The summed E-state index contributed by atoms with van der Waals surface area (Å²) in [5.41, 5.74) is 0.830. The number of aryl methyl sites for hydroxylation is 1. The molecular weight excluding hydrogens is 170 g/mol. The quantitative estimate of drug-likeness (QED) is 0.521. The fourth-order valence-electron chi connectivity index (χ4n) is 1.10. The van der Waals surface area contributed by atoms with Crippen LogP contribution >= 0.6 is 0 Å². The molecule has 1 aromatic rings. The van der Waals surface area contributed by atoms with E-state index in [-0.39, 0.29) is 11.3 Å². The highest BCUT2D eigenvalue weighted by atomic mass is 16.6. The summed E-state index contributed by atoms with van der Waals surface area (Å²) in [6.45, 7) is 1.83. The third-order valence-corrected chi connectivity index (χ3v) is 1.78. The molecule has 0 saturated heterocycles. The molecule has 0 spiro atoms. The van der Waals surface area contributed by atoms with Gasteiger partial charge in [-0.2, -0.15) is 0 Å². The molecule has 4 heteroatoms. The standard InChI is InChI=1S/C9H8NO3/c1-2-8-4-3-7(6-11)5-9(8)10(12)13/h3-5H,2H2,1H3. The SMILES string of the molecule is CCc1ccc([C]=O)cc1[N+](=O)[O-]. The first kappa shape index (κ1) is 9.38. The van der Waals surface area contributed by atoms with Gasteiger partial charge in [-0.3, -0.25) is 14.9 Å². The summed E-state index contributed by atoms with van der Waals surface area (Å²) in [5, 5.41) is 10.5. The van der Waals surface area contributed by atoms with Crippen molar-refractivity contribution in [2.75, 3.05) is 0 Å². The minimum absolute atomic E-state index is 0.0108. The Labute approximate surface area is 75.3 Å². The van der Waals surface area contributed by atoms with Gasteiger partial charge in [-0.1, -0.05) is 19.1 Å². The van der Waals surface area contributed by atoms with Crippen molar-refractivity contribution in [1.29, 1.82) is 0 Å². The van der Waals surface area contributed by atoms with Crippen LogP contribution in [0.1, 0.15) is 18.1 Å². The Balaban J connectivity index is 3.25. The summed E-state index contributed by atoms with van der Waals surface area (Å²) in [6, 6.07) is 4.35. The maximum absolute atomic E-state index is 10.5. The van der Waals surface area contributed by atoms with E-state index in [1.165, 1.54) is 12.1 Å². The van der Waals surface area contributed by atoms with Crippen molar-refractivity contribution >= 4 is 12.0 Å². The lowest BCUT2D eigenvalue weighted by molar-refractivity contribution is -0.385. The van der Waals surface area contributed by atoms with Crippen molar-refractivity contribution in [1.82, 2.24) is 0 Å². The van der Waals surface area contributed by atoms with Crippen LogP contribution in [0.5, 0.6) is 0 Å². The molecule has 1 radical (unpaired) electrons. The molecule has 0 heterocycles. The number of carbonyl (C=O) groups excluding carboxylic acids is 1. The van der Waals surface area contributed by atoms with E-state index < -0.39 is 4.92 Å². The summed E-state index contributed by atoms with van der Waals surface area (Å²) in [4.78, 5) is 20.3. The molecule has 1 rings (SSSR count). The Bertz CT molecular complexity index is 347. The van der Waals surface area contributed by atoms with Crippen LogP contribution < -0.4 is 0 Å². The number of hydrogen-bond donors (Lipinski definition) is 0. The molecule has 0 aliphatic heterocycles. The lowest BCUT2D eigenvalue weighted by atomic mass is 10.1. The fraction of sp³-hybridized carbons (Fsp3) is 0.222. The maximum atomic E-state index is 10.5. The topological polar surface area (TPSA) is 60.2 Å². The summed E-state index contributed by atoms with van der Waals surface area (Å²) in [7, 11) is 0. The Kier molecular flexibility index (Phi) is 2.74. The number of rotatable bonds is 3. The van der Waals surface area contributed by atoms with Crippen LogP contribution in [0.3, 0.4) is 0 Å². The van der Waals surface area contributed by atoms with Gasteiger partial charge in [-0.05, 0) is 6.42 Å². The van der Waals surface area contributed by atoms with Gasteiger partial charge in [-0.15, -0.1) is 0 Å². The summed E-state index contributed by atoms with van der Waals surface area (Å²) >= 11 is 0. The van der Waals surface area contributed by atoms with Gasteiger partial charge < -0.3 is 0 Å². The van der Waals surface area contributed by atoms with Crippen LogP contribution in [0.2, 0.25) is 0 Å². The Hall–Kier alpha value is -1.71. The third-order valence-electron chi connectivity index (χ3n) is 1.78. The van der Waals surface area contributed by atoms with Crippen molar-refractivity contribution in [2.45, 2.75) is 13.3 Å². The number of hydrogen-bond acceptors (Lipinski definition) is 3. The van der Waals surface area contributed by atoms with E-state index in [1.807, 2.05) is 6.92 Å². The molecular formula is C9H8NO3. The zero-order valence-electron chi connectivity index (χ0n) is 7.11. The first-order valence-corrected chi connectivity index (χ1v) is 3.84. The Morgan fingerprint density at radius 2 is 2.23 bits per heavy atom. The number of nitro benzene ring substituents is 1. The molecule has 0 aliphatic carbocycles. The smallest absolute Gasteiger partial charge is 0.273 e. The highest BCUT2D eigenvalue weighted by molar-refractivity contribution is 5.77. The molecule has 4 nitrogen and oxygen atoms in total. The molecule has 13 heavy (non-hydrogen) atoms. The zero-order chi connectivity index (χ0) is 9.84. The van der Waals surface area contributed by atoms with Crippen LogP contribution in [-0.2, 0) is 11.2 Å². The highest BCUT2D eigenvalue weighted by Crippen LogP contribution is 2.19. The number of nitrogens with zero attached hydrogens (tertiary/aromatic N) is 1. The molecule has 0 amide bonds. The van der Waals surface area contributed by atoms with Crippen molar-refractivity contribution in [3.05, 3.63) is 39.4 Å². The average molecular weight is 178 g/mol. The zero-order valence-corrected chi connectivity index (χ0v) is 7.11. The summed E-state index contributed by atoms with van der Waals surface area (Å²) in [5.74, 6) is 0. The van der Waals surface area contributed by atoms with Gasteiger partial charge in [0.2, 0.25) is 6.29 Å². The van der Waals surface area contributed by atoms with Crippen LogP contribution in [0.15, 0.2) is 18.2 Å². The van der Waals surface area contributed by atoms with Gasteiger partial charge in [0.15, 0.2) is 0 Å². The van der Waals surface area contributed by atoms with Crippen LogP contribution in [-0.4, -0.2) is 11.2 Å². The van der Waals surface area contributed by atoms with Gasteiger partial charge in [0.05, 0.1) is 4.92 Å². The average Bonchev–Trinajstić information content (AvgIpc) is 2.16. The molecule has 1 aromatic carbocycles. The predicted molar refractivity (Wildman–Crippen MR) is 47.3 cm³/mol. The molecule has 0 fully saturated rings. The van der Waals surface area contributed by atoms with E-state index in [2.05, 4.69) is 0 Å². The van der Waals surface area contributed by atoms with E-state index in [0.29, 0.717) is 12.0 Å². The highest BCUT2D eigenvalue weighted by Gasteiger charge is 2.12. The predicted octanol–water partition coefficient (Wildman–Crippen LogP) is 1.61. The van der Waals surface area contributed by atoms with E-state index >= 15 is 0 Å². The monoisotopic (exact) mass is 178 g/mol. The second kappa shape index (κ2) is 3.80. The van der Waals surface area contributed by atoms with Gasteiger partial charge in [0.25, 0.3) is 5.69 Å². The van der Waals surface area contributed by atoms with E-state index in [9.17, 15) is 14.9 Å². The molecule has 0 atom stereocenters. The van der Waals surface area contributed by atoms with Crippen LogP contribution in [0, 0.1) is 10.1 Å². The normalized spacial score (nSPS) is 9.62. The fourth-order valence-corrected chi connectivity index (χ4v) is 1.10. The van der Waals surface area contributed by atoms with Crippen molar-refractivity contribution < 1.29 is 9.72 Å². The van der Waals surface area contributed by atoms with E-state index in [4.69, 9.17) is 0 Å². The molecule has 0 aliphatic rings. The van der Waals surface area contributed by atoms with E-state index in [0.717, 1.165) is 0 Å². The van der Waals surface area contributed by atoms with Gasteiger partial charge >= 0.3 is 0 Å². The number of nitro groups is 1. The van der Waals surface area contributed by atoms with Crippen molar-refractivity contribution in [3.63, 3.8) is 0 Å². The lowest BCUT2D eigenvalue weighted by Gasteiger charge is -1.98. The van der Waals surface area contributed by atoms with Gasteiger partial charge in [-0.25, -0.2) is 0 Å². The van der Waals surface area contributed by atoms with Crippen LogP contribution in [0.25, 0.3) is 0 Å². The molecule has 0 aromatic heterocycles. The summed E-state index contributed by atoms with van der Waals surface area (Å²) < 4.78 is 0. The molecule has 0 unspecified atom stereocenters. The molecule has 0 N–H and O–H groups in total. The van der Waals surface area contributed by atoms with Crippen LogP contribution in [0.4, 0.5) is 5.69 Å². The first-order valence-electron chi connectivity index (χ1n) is 3.84. The molecule has 0 bridgehead atoms. The second-order valence-electron chi connectivity index (χ2n) is 2.56. The Morgan fingerprint density at radius 3 is 2.69 bits per heavy atom. The third kappa shape index (κ3) is 1.90. The number of benzene rings is 1. The maximum Gasteiger partial charge on any atom is 0.273 e. The van der Waals surface area contributed by atoms with Gasteiger partial charge in [0, 0.05) is 17.2 Å².